The average Bonchev–Trinajstić information content (AvgIpc) is 3.42. The largest absolute Gasteiger partial charge is 0.454 e. The summed E-state index contributed by atoms with van der Waals surface area (Å²) in [7, 11) is 0. The van der Waals surface area contributed by atoms with E-state index in [1.165, 1.54) is 10.4 Å². The molecule has 2 fully saturated rings. The summed E-state index contributed by atoms with van der Waals surface area (Å²) in [5.41, 5.74) is 0.0165. The monoisotopic (exact) mass is 484 g/mol. The zero-order valence-corrected chi connectivity index (χ0v) is 17.0. The minimum Gasteiger partial charge on any atom is -0.454 e. The van der Waals surface area contributed by atoms with E-state index in [0.717, 1.165) is 5.56 Å². The van der Waals surface area contributed by atoms with Crippen LogP contribution >= 0.6 is 22.6 Å². The number of carbonyl (C=O) groups is 2. The number of halogens is 1. The molecule has 1 saturated heterocycles. The zero-order chi connectivity index (χ0) is 19.3. The molecule has 7 nitrogen and oxygen atoms in total. The van der Waals surface area contributed by atoms with Crippen LogP contribution in [0.5, 0.6) is 0 Å². The highest BCUT2D eigenvalue weighted by molar-refractivity contribution is 14.1. The lowest BCUT2D eigenvalue weighted by Crippen LogP contribution is -2.43. The molecule has 1 atom stereocenters. The Morgan fingerprint density at radius 1 is 1.33 bits per heavy atom. The van der Waals surface area contributed by atoms with Crippen LogP contribution in [0.3, 0.4) is 0 Å². The average molecular weight is 484 g/mol. The highest BCUT2D eigenvalue weighted by Crippen LogP contribution is 2.42. The maximum atomic E-state index is 12.7. The molecule has 1 aromatic carbocycles. The second-order valence-corrected chi connectivity index (χ2v) is 7.07. The van der Waals surface area contributed by atoms with Gasteiger partial charge in [-0.05, 0) is 35.1 Å². The van der Waals surface area contributed by atoms with Crippen molar-refractivity contribution in [2.24, 2.45) is 4.99 Å². The predicted molar refractivity (Wildman–Crippen MR) is 107 cm³/mol. The van der Waals surface area contributed by atoms with Gasteiger partial charge in [0.2, 0.25) is 5.60 Å². The van der Waals surface area contributed by atoms with Gasteiger partial charge in [-0.15, -0.1) is 0 Å². The molecule has 0 spiro atoms. The molecule has 1 heterocycles. The number of ether oxygens (including phenoxy) is 3. The lowest BCUT2D eigenvalue weighted by molar-refractivity contribution is -0.189. The van der Waals surface area contributed by atoms with E-state index < -0.39 is 17.5 Å². The number of nitrogens with zero attached hydrogens (tertiary/aromatic N) is 1. The van der Waals surface area contributed by atoms with Crippen molar-refractivity contribution < 1.29 is 23.8 Å². The Balaban J connectivity index is 1.65. The summed E-state index contributed by atoms with van der Waals surface area (Å²) in [5, 5.41) is 3.12. The van der Waals surface area contributed by atoms with Gasteiger partial charge in [-0.2, -0.15) is 0 Å². The van der Waals surface area contributed by atoms with Gasteiger partial charge in [-0.1, -0.05) is 30.3 Å². The number of carbonyl (C=O) groups excluding carboxylic acids is 2. The van der Waals surface area contributed by atoms with Gasteiger partial charge in [0, 0.05) is 18.9 Å². The summed E-state index contributed by atoms with van der Waals surface area (Å²) < 4.78 is 17.4. The molecule has 1 N–H and O–H groups in total. The molecule has 0 aromatic heterocycles. The third-order valence-corrected chi connectivity index (χ3v) is 4.72. The molecule has 1 aliphatic heterocycles. The van der Waals surface area contributed by atoms with Gasteiger partial charge >= 0.3 is 11.9 Å². The molecule has 1 aromatic rings. The van der Waals surface area contributed by atoms with Crippen LogP contribution in [-0.2, 0) is 23.8 Å². The Bertz CT molecular complexity index is 742. The van der Waals surface area contributed by atoms with Gasteiger partial charge in [0.05, 0.1) is 23.6 Å². The fourth-order valence-electron chi connectivity index (χ4n) is 2.54. The summed E-state index contributed by atoms with van der Waals surface area (Å²) in [4.78, 5) is 29.0. The molecule has 1 aliphatic carbocycles. The molecule has 0 bridgehead atoms. The summed E-state index contributed by atoms with van der Waals surface area (Å²) >= 11 is 1.96. The zero-order valence-electron chi connectivity index (χ0n) is 14.9. The highest BCUT2D eigenvalue weighted by atomic mass is 127. The maximum absolute atomic E-state index is 12.7. The van der Waals surface area contributed by atoms with Crippen molar-refractivity contribution in [3.05, 3.63) is 47.8 Å². The number of hydrogen-bond donors (Lipinski definition) is 1. The number of nitrogens with one attached hydrogen (secondary N) is 1. The van der Waals surface area contributed by atoms with Gasteiger partial charge in [0.15, 0.2) is 0 Å². The van der Waals surface area contributed by atoms with Crippen LogP contribution in [0.4, 0.5) is 0 Å². The Hall–Kier alpha value is -1.94. The van der Waals surface area contributed by atoms with E-state index in [2.05, 4.69) is 10.3 Å². The van der Waals surface area contributed by atoms with E-state index in [0.29, 0.717) is 26.1 Å². The van der Waals surface area contributed by atoms with Gasteiger partial charge in [-0.3, -0.25) is 4.99 Å². The van der Waals surface area contributed by atoms with Crippen LogP contribution < -0.4 is 5.32 Å². The van der Waals surface area contributed by atoms with Gasteiger partial charge < -0.3 is 19.5 Å². The van der Waals surface area contributed by atoms with E-state index in [-0.39, 0.29) is 17.8 Å². The normalized spacial score (nSPS) is 19.9. The number of aliphatic imine (C=N–C) groups is 1. The molecule has 0 amide bonds. The van der Waals surface area contributed by atoms with Crippen molar-refractivity contribution in [2.45, 2.75) is 37.5 Å². The second kappa shape index (κ2) is 8.83. The van der Waals surface area contributed by atoms with Crippen molar-refractivity contribution >= 4 is 38.8 Å². The molecule has 0 unspecified atom stereocenters. The number of benzene rings is 1. The van der Waals surface area contributed by atoms with Crippen molar-refractivity contribution in [1.82, 2.24) is 5.32 Å². The topological polar surface area (TPSA) is 86.2 Å². The first-order valence-corrected chi connectivity index (χ1v) is 9.94. The van der Waals surface area contributed by atoms with Crippen molar-refractivity contribution in [3.63, 3.8) is 0 Å². The standard InChI is InChI=1S/C19H21IN2O5/c1-13(14-5-3-2-4-6-14)22-16(9-21-12-20)17(23)27-19(7-8-19)18(24)26-15-10-25-11-15/h2-6,9,12-13,15,22H,7-8,10-11H2,1H3/b16-9-,21-12?/t13-/m1/s1. The fraction of sp³-hybridized carbons (Fsp3) is 0.421. The minimum atomic E-state index is -1.18. The Labute approximate surface area is 171 Å². The van der Waals surface area contributed by atoms with Crippen molar-refractivity contribution in [3.8, 4) is 0 Å². The third kappa shape index (κ3) is 5.07. The van der Waals surface area contributed by atoms with Crippen LogP contribution in [0.15, 0.2) is 47.2 Å². The number of esters is 2. The quantitative estimate of drug-likeness (QED) is 0.264. The number of rotatable bonds is 8. The summed E-state index contributed by atoms with van der Waals surface area (Å²) in [6.07, 6.45) is 2.07. The summed E-state index contributed by atoms with van der Waals surface area (Å²) in [6, 6.07) is 9.57. The van der Waals surface area contributed by atoms with Crippen molar-refractivity contribution in [2.75, 3.05) is 13.2 Å². The van der Waals surface area contributed by atoms with Gasteiger partial charge in [-0.25, -0.2) is 9.59 Å². The van der Waals surface area contributed by atoms with E-state index in [1.54, 1.807) is 0 Å². The first-order chi connectivity index (χ1) is 13.0. The molecule has 1 saturated carbocycles. The lowest BCUT2D eigenvalue weighted by Gasteiger charge is -2.27. The molecular weight excluding hydrogens is 463 g/mol. The molecule has 2 aliphatic rings. The molecule has 0 radical (unpaired) electrons. The second-order valence-electron chi connectivity index (χ2n) is 6.51. The maximum Gasteiger partial charge on any atom is 0.357 e. The Morgan fingerprint density at radius 2 is 2.04 bits per heavy atom. The van der Waals surface area contributed by atoms with Gasteiger partial charge in [0.25, 0.3) is 0 Å². The van der Waals surface area contributed by atoms with E-state index in [1.807, 2.05) is 59.8 Å². The van der Waals surface area contributed by atoms with E-state index >= 15 is 0 Å². The fourth-order valence-corrected chi connectivity index (χ4v) is 2.71. The predicted octanol–water partition coefficient (Wildman–Crippen LogP) is 2.66. The summed E-state index contributed by atoms with van der Waals surface area (Å²) in [6.45, 7) is 2.71. The summed E-state index contributed by atoms with van der Waals surface area (Å²) in [5.74, 6) is -1.13. The first kappa shape index (κ1) is 19.8. The molecule has 27 heavy (non-hydrogen) atoms. The van der Waals surface area contributed by atoms with E-state index in [4.69, 9.17) is 14.2 Å². The van der Waals surface area contributed by atoms with Crippen LogP contribution in [0, 0.1) is 0 Å². The minimum absolute atomic E-state index is 0.136. The molecule has 3 rings (SSSR count). The lowest BCUT2D eigenvalue weighted by atomic mass is 10.1. The molecular formula is C19H21IN2O5. The van der Waals surface area contributed by atoms with E-state index in [9.17, 15) is 9.59 Å². The van der Waals surface area contributed by atoms with Crippen LogP contribution in [0.25, 0.3) is 0 Å². The smallest absolute Gasteiger partial charge is 0.357 e. The highest BCUT2D eigenvalue weighted by Gasteiger charge is 2.57. The number of hydrogen-bond acceptors (Lipinski definition) is 7. The van der Waals surface area contributed by atoms with Crippen LogP contribution in [0.2, 0.25) is 0 Å². The third-order valence-electron chi connectivity index (χ3n) is 4.40. The Morgan fingerprint density at radius 3 is 2.59 bits per heavy atom. The van der Waals surface area contributed by atoms with Crippen molar-refractivity contribution in [1.29, 1.82) is 0 Å². The molecule has 144 valence electrons. The molecule has 8 heteroatoms. The van der Waals surface area contributed by atoms with Crippen LogP contribution in [0.1, 0.15) is 31.4 Å². The first-order valence-electron chi connectivity index (χ1n) is 8.70. The Kier molecular flexibility index (Phi) is 6.48. The van der Waals surface area contributed by atoms with Crippen LogP contribution in [-0.4, -0.2) is 41.1 Å². The van der Waals surface area contributed by atoms with Gasteiger partial charge in [0.1, 0.15) is 11.8 Å². The SMILES string of the molecule is C[C@@H](N/C(=C\N=CI)C(=O)OC1(C(=O)OC2COC2)CC1)c1ccccc1.